The Morgan fingerprint density at radius 1 is 1.07 bits per heavy atom. The van der Waals surface area contributed by atoms with Crippen molar-refractivity contribution in [2.75, 3.05) is 44.6 Å². The first-order valence-corrected chi connectivity index (χ1v) is 12.0. The summed E-state index contributed by atoms with van der Waals surface area (Å²) < 4.78 is 0. The predicted octanol–water partition coefficient (Wildman–Crippen LogP) is 0.591. The minimum Gasteiger partial charge on any atom is -0.336 e. The van der Waals surface area contributed by atoms with Crippen LogP contribution in [0.4, 0.5) is 5.69 Å². The van der Waals surface area contributed by atoms with Crippen LogP contribution in [-0.2, 0) is 16.0 Å². The number of benzene rings is 1. The summed E-state index contributed by atoms with van der Waals surface area (Å²) in [7, 11) is 0. The minimum absolute atomic E-state index is 0.0586. The number of quaternary nitrogens is 2. The standard InChI is InChI=1S/C24H38N4O2/c1-2-20-10-8-9-13-22(20)26-23(29)19-27-14-16-28(17-15-27)24(30)18-25-21-11-6-4-3-5-7-12-21/h8-10,13,21,25H,2-7,11-12,14-19H2,1H3,(H,26,29)/p+2. The van der Waals surface area contributed by atoms with E-state index in [0.29, 0.717) is 19.1 Å². The van der Waals surface area contributed by atoms with Crippen molar-refractivity contribution in [2.45, 2.75) is 64.3 Å². The molecule has 1 heterocycles. The number of carbonyl (C=O) groups excluding carboxylic acids is 2. The molecule has 1 aromatic carbocycles. The van der Waals surface area contributed by atoms with Crippen LogP contribution in [0.25, 0.3) is 0 Å². The van der Waals surface area contributed by atoms with Crippen LogP contribution in [0.15, 0.2) is 24.3 Å². The summed E-state index contributed by atoms with van der Waals surface area (Å²) in [5.74, 6) is 0.320. The van der Waals surface area contributed by atoms with Crippen LogP contribution >= 0.6 is 0 Å². The highest BCUT2D eigenvalue weighted by molar-refractivity contribution is 5.92. The van der Waals surface area contributed by atoms with Crippen LogP contribution in [0, 0.1) is 0 Å². The molecule has 0 atom stereocenters. The Morgan fingerprint density at radius 3 is 2.43 bits per heavy atom. The molecule has 2 aliphatic rings. The van der Waals surface area contributed by atoms with Gasteiger partial charge in [0.15, 0.2) is 13.1 Å². The second kappa shape index (κ2) is 12.1. The largest absolute Gasteiger partial charge is 0.336 e. The Morgan fingerprint density at radius 2 is 1.73 bits per heavy atom. The molecule has 0 spiro atoms. The number of anilines is 1. The highest BCUT2D eigenvalue weighted by Gasteiger charge is 2.26. The number of piperazine rings is 1. The number of hydrogen-bond donors (Lipinski definition) is 3. The van der Waals surface area contributed by atoms with E-state index in [2.05, 4.69) is 23.6 Å². The molecule has 0 bridgehead atoms. The summed E-state index contributed by atoms with van der Waals surface area (Å²) in [6.07, 6.45) is 10.1. The molecule has 6 heteroatoms. The third-order valence-electron chi connectivity index (χ3n) is 6.68. The molecule has 1 aliphatic carbocycles. The molecular weight excluding hydrogens is 376 g/mol. The lowest BCUT2D eigenvalue weighted by molar-refractivity contribution is -0.895. The van der Waals surface area contributed by atoms with Gasteiger partial charge in [0.05, 0.1) is 32.2 Å². The van der Waals surface area contributed by atoms with E-state index in [1.54, 1.807) is 0 Å². The number of nitrogens with two attached hydrogens (primary N) is 1. The minimum atomic E-state index is 0.0586. The topological polar surface area (TPSA) is 70.5 Å². The van der Waals surface area contributed by atoms with Gasteiger partial charge in [0.2, 0.25) is 0 Å². The van der Waals surface area contributed by atoms with Gasteiger partial charge in [-0.25, -0.2) is 0 Å². The summed E-state index contributed by atoms with van der Waals surface area (Å²) in [5, 5.41) is 5.35. The summed E-state index contributed by atoms with van der Waals surface area (Å²) in [6, 6.07) is 8.61. The summed E-state index contributed by atoms with van der Waals surface area (Å²) in [5.41, 5.74) is 2.08. The number of aryl methyl sites for hydroxylation is 1. The van der Waals surface area contributed by atoms with Gasteiger partial charge in [0.1, 0.15) is 0 Å². The van der Waals surface area contributed by atoms with E-state index in [4.69, 9.17) is 0 Å². The van der Waals surface area contributed by atoms with Gasteiger partial charge in [-0.3, -0.25) is 9.59 Å². The summed E-state index contributed by atoms with van der Waals surface area (Å²) in [4.78, 5) is 28.4. The van der Waals surface area contributed by atoms with Crippen LogP contribution in [-0.4, -0.2) is 62.0 Å². The van der Waals surface area contributed by atoms with Crippen LogP contribution in [0.5, 0.6) is 0 Å². The normalized spacial score (nSPS) is 19.2. The van der Waals surface area contributed by atoms with Gasteiger partial charge in [0.25, 0.3) is 11.8 Å². The quantitative estimate of drug-likeness (QED) is 0.609. The zero-order valence-corrected chi connectivity index (χ0v) is 18.6. The van der Waals surface area contributed by atoms with Crippen molar-refractivity contribution < 1.29 is 19.8 Å². The Labute approximate surface area is 181 Å². The number of para-hydroxylation sites is 1. The molecule has 1 saturated carbocycles. The van der Waals surface area contributed by atoms with Crippen molar-refractivity contribution in [3.8, 4) is 0 Å². The highest BCUT2D eigenvalue weighted by Crippen LogP contribution is 2.15. The maximum absolute atomic E-state index is 12.6. The summed E-state index contributed by atoms with van der Waals surface area (Å²) in [6.45, 7) is 6.34. The fourth-order valence-electron chi connectivity index (χ4n) is 4.74. The second-order valence-electron chi connectivity index (χ2n) is 8.91. The molecule has 0 unspecified atom stereocenters. The zero-order valence-electron chi connectivity index (χ0n) is 18.6. The van der Waals surface area contributed by atoms with E-state index < -0.39 is 0 Å². The summed E-state index contributed by atoms with van der Waals surface area (Å²) >= 11 is 0. The van der Waals surface area contributed by atoms with Gasteiger partial charge in [-0.15, -0.1) is 0 Å². The van der Waals surface area contributed by atoms with Crippen LogP contribution < -0.4 is 15.5 Å². The van der Waals surface area contributed by atoms with E-state index in [9.17, 15) is 9.59 Å². The molecule has 2 fully saturated rings. The maximum Gasteiger partial charge on any atom is 0.279 e. The highest BCUT2D eigenvalue weighted by atomic mass is 16.2. The fourth-order valence-corrected chi connectivity index (χ4v) is 4.74. The third-order valence-corrected chi connectivity index (χ3v) is 6.68. The molecule has 4 N–H and O–H groups in total. The number of rotatable bonds is 7. The van der Waals surface area contributed by atoms with Gasteiger partial charge >= 0.3 is 0 Å². The SMILES string of the molecule is CCc1ccccc1NC(=O)C[NH+]1CCN(C(=O)C[NH2+]C2CCCCCCC2)CC1. The third kappa shape index (κ3) is 7.10. The zero-order chi connectivity index (χ0) is 21.2. The predicted molar refractivity (Wildman–Crippen MR) is 119 cm³/mol. The Bertz CT molecular complexity index is 678. The fraction of sp³-hybridized carbons (Fsp3) is 0.667. The first-order chi connectivity index (χ1) is 14.7. The monoisotopic (exact) mass is 416 g/mol. The van der Waals surface area contributed by atoms with Gasteiger partial charge < -0.3 is 20.4 Å². The Hall–Kier alpha value is -1.92. The second-order valence-corrected chi connectivity index (χ2v) is 8.91. The lowest BCUT2D eigenvalue weighted by Gasteiger charge is -2.31. The van der Waals surface area contributed by atoms with E-state index in [1.165, 1.54) is 49.8 Å². The van der Waals surface area contributed by atoms with Crippen molar-refractivity contribution in [1.29, 1.82) is 0 Å². The number of nitrogens with zero attached hydrogens (tertiary/aromatic N) is 1. The number of amides is 2. The van der Waals surface area contributed by atoms with Crippen LogP contribution in [0.3, 0.4) is 0 Å². The molecular formula is C24H40N4O2+2. The lowest BCUT2D eigenvalue weighted by Crippen LogP contribution is -3.15. The molecule has 166 valence electrons. The van der Waals surface area contributed by atoms with Gasteiger partial charge in [0, 0.05) is 5.69 Å². The molecule has 0 radical (unpaired) electrons. The van der Waals surface area contributed by atoms with Crippen molar-refractivity contribution in [2.24, 2.45) is 0 Å². The number of hydrogen-bond acceptors (Lipinski definition) is 2. The molecule has 1 saturated heterocycles. The van der Waals surface area contributed by atoms with Crippen molar-refractivity contribution in [1.82, 2.24) is 4.90 Å². The Balaban J connectivity index is 1.36. The van der Waals surface area contributed by atoms with Crippen molar-refractivity contribution in [3.05, 3.63) is 29.8 Å². The van der Waals surface area contributed by atoms with E-state index >= 15 is 0 Å². The van der Waals surface area contributed by atoms with E-state index in [1.807, 2.05) is 23.1 Å². The molecule has 0 aromatic heterocycles. The maximum atomic E-state index is 12.6. The van der Waals surface area contributed by atoms with Crippen molar-refractivity contribution in [3.63, 3.8) is 0 Å². The number of nitrogens with one attached hydrogen (secondary N) is 2. The Kier molecular flexibility index (Phi) is 9.15. The molecule has 1 aromatic rings. The van der Waals surface area contributed by atoms with Gasteiger partial charge in [-0.1, -0.05) is 44.4 Å². The van der Waals surface area contributed by atoms with E-state index in [0.717, 1.165) is 43.9 Å². The lowest BCUT2D eigenvalue weighted by atomic mass is 9.97. The van der Waals surface area contributed by atoms with Crippen LogP contribution in [0.2, 0.25) is 0 Å². The molecule has 6 nitrogen and oxygen atoms in total. The first-order valence-electron chi connectivity index (χ1n) is 12.0. The smallest absolute Gasteiger partial charge is 0.279 e. The molecule has 2 amide bonds. The van der Waals surface area contributed by atoms with Gasteiger partial charge in [-0.2, -0.15) is 0 Å². The average molecular weight is 417 g/mol. The number of carbonyl (C=O) groups is 2. The molecule has 1 aliphatic heterocycles. The average Bonchev–Trinajstić information content (AvgIpc) is 2.73. The van der Waals surface area contributed by atoms with E-state index in [-0.39, 0.29) is 11.8 Å². The van der Waals surface area contributed by atoms with Crippen LogP contribution in [0.1, 0.15) is 57.4 Å². The molecule has 30 heavy (non-hydrogen) atoms. The van der Waals surface area contributed by atoms with Gasteiger partial charge in [-0.05, 0) is 43.7 Å². The van der Waals surface area contributed by atoms with Crippen molar-refractivity contribution >= 4 is 17.5 Å². The first kappa shape index (κ1) is 22.8. The molecule has 3 rings (SSSR count).